The molecule has 152 valence electrons. The summed E-state index contributed by atoms with van der Waals surface area (Å²) in [5.41, 5.74) is 1.78. The fourth-order valence-corrected chi connectivity index (χ4v) is 3.59. The number of carbonyl (C=O) groups is 2. The van der Waals surface area contributed by atoms with Crippen LogP contribution in [0.4, 0.5) is 5.69 Å². The van der Waals surface area contributed by atoms with Crippen LogP contribution in [0.5, 0.6) is 0 Å². The van der Waals surface area contributed by atoms with Crippen molar-refractivity contribution in [3.05, 3.63) is 18.0 Å². The van der Waals surface area contributed by atoms with E-state index in [4.69, 9.17) is 9.47 Å². The number of pyridine rings is 1. The van der Waals surface area contributed by atoms with Gasteiger partial charge in [0.05, 0.1) is 43.4 Å². The third-order valence-electron chi connectivity index (χ3n) is 4.95. The smallest absolute Gasteiger partial charge is 0.341 e. The first kappa shape index (κ1) is 20.1. The summed E-state index contributed by atoms with van der Waals surface area (Å²) in [6.07, 6.45) is 9.21. The second-order valence-electron chi connectivity index (χ2n) is 6.91. The van der Waals surface area contributed by atoms with E-state index in [9.17, 15) is 9.59 Å². The largest absolute Gasteiger partial charge is 0.466 e. The molecule has 0 radical (unpaired) electrons. The molecule has 2 aromatic rings. The van der Waals surface area contributed by atoms with Crippen LogP contribution in [0, 0.1) is 0 Å². The van der Waals surface area contributed by atoms with Gasteiger partial charge < -0.3 is 14.8 Å². The SMILES string of the molecule is CCOC(=O)CCn1ncc2c(NC3CCCCC3)c(C(=O)OCC)cnc21. The quantitative estimate of drug-likeness (QED) is 0.693. The molecule has 1 N–H and O–H groups in total. The molecule has 1 aliphatic rings. The van der Waals surface area contributed by atoms with E-state index in [2.05, 4.69) is 15.4 Å². The summed E-state index contributed by atoms with van der Waals surface area (Å²) in [6, 6.07) is 0.315. The molecule has 28 heavy (non-hydrogen) atoms. The van der Waals surface area contributed by atoms with Gasteiger partial charge in [0.2, 0.25) is 0 Å². The number of nitrogens with zero attached hydrogens (tertiary/aromatic N) is 3. The van der Waals surface area contributed by atoms with Crippen LogP contribution in [0.25, 0.3) is 11.0 Å². The Bertz CT molecular complexity index is 827. The molecule has 2 heterocycles. The highest BCUT2D eigenvalue weighted by molar-refractivity contribution is 6.04. The van der Waals surface area contributed by atoms with Gasteiger partial charge in [-0.15, -0.1) is 0 Å². The van der Waals surface area contributed by atoms with E-state index in [1.807, 2.05) is 0 Å². The number of ether oxygens (including phenoxy) is 2. The van der Waals surface area contributed by atoms with Crippen LogP contribution in [-0.4, -0.2) is 46.0 Å². The Balaban J connectivity index is 1.91. The van der Waals surface area contributed by atoms with Crippen molar-refractivity contribution < 1.29 is 19.1 Å². The highest BCUT2D eigenvalue weighted by Gasteiger charge is 2.22. The number of aryl methyl sites for hydroxylation is 1. The normalized spacial score (nSPS) is 14.8. The molecule has 0 amide bonds. The van der Waals surface area contributed by atoms with Gasteiger partial charge in [-0.05, 0) is 26.7 Å². The number of fused-ring (bicyclic) bond motifs is 1. The van der Waals surface area contributed by atoms with Gasteiger partial charge in [0.25, 0.3) is 0 Å². The molecule has 0 spiro atoms. The van der Waals surface area contributed by atoms with Crippen LogP contribution in [0.2, 0.25) is 0 Å². The Kier molecular flexibility index (Phi) is 6.84. The number of hydrogen-bond donors (Lipinski definition) is 1. The predicted octanol–water partition coefficient (Wildman–Crippen LogP) is 3.31. The molecule has 0 aromatic carbocycles. The molecule has 1 aliphatic carbocycles. The summed E-state index contributed by atoms with van der Waals surface area (Å²) in [6.45, 7) is 4.60. The zero-order chi connectivity index (χ0) is 19.9. The van der Waals surface area contributed by atoms with Gasteiger partial charge in [-0.25, -0.2) is 14.5 Å². The lowest BCUT2D eigenvalue weighted by Gasteiger charge is -2.25. The Morgan fingerprint density at radius 1 is 1.14 bits per heavy atom. The van der Waals surface area contributed by atoms with Gasteiger partial charge in [0.1, 0.15) is 5.56 Å². The van der Waals surface area contributed by atoms with E-state index in [0.717, 1.165) is 23.9 Å². The maximum absolute atomic E-state index is 12.5. The molecular weight excluding hydrogens is 360 g/mol. The van der Waals surface area contributed by atoms with Crippen LogP contribution in [0.1, 0.15) is 62.7 Å². The van der Waals surface area contributed by atoms with Gasteiger partial charge in [-0.3, -0.25) is 4.79 Å². The van der Waals surface area contributed by atoms with Crippen molar-refractivity contribution in [2.45, 2.75) is 65.0 Å². The second-order valence-corrected chi connectivity index (χ2v) is 6.91. The average Bonchev–Trinajstić information content (AvgIpc) is 3.11. The van der Waals surface area contributed by atoms with Crippen LogP contribution < -0.4 is 5.32 Å². The molecule has 0 unspecified atom stereocenters. The first-order chi connectivity index (χ1) is 13.6. The summed E-state index contributed by atoms with van der Waals surface area (Å²) >= 11 is 0. The van der Waals surface area contributed by atoms with Crippen molar-refractivity contribution in [1.29, 1.82) is 0 Å². The number of carbonyl (C=O) groups excluding carboxylic acids is 2. The molecule has 2 aromatic heterocycles. The number of esters is 2. The molecule has 0 aliphatic heterocycles. The fraction of sp³-hybridized carbons (Fsp3) is 0.600. The van der Waals surface area contributed by atoms with Crippen molar-refractivity contribution >= 4 is 28.7 Å². The van der Waals surface area contributed by atoms with Crippen molar-refractivity contribution in [2.75, 3.05) is 18.5 Å². The lowest BCUT2D eigenvalue weighted by Crippen LogP contribution is -2.24. The number of aromatic nitrogens is 3. The number of rotatable bonds is 8. The van der Waals surface area contributed by atoms with Crippen molar-refractivity contribution in [3.8, 4) is 0 Å². The third-order valence-corrected chi connectivity index (χ3v) is 4.95. The lowest BCUT2D eigenvalue weighted by atomic mass is 9.95. The minimum absolute atomic E-state index is 0.220. The minimum Gasteiger partial charge on any atom is -0.466 e. The molecule has 3 rings (SSSR count). The van der Waals surface area contributed by atoms with Gasteiger partial charge in [-0.1, -0.05) is 19.3 Å². The standard InChI is InChI=1S/C20H28N4O4/c1-3-27-17(25)10-11-24-19-15(13-22-24)18(23-14-8-6-5-7-9-14)16(12-21-19)20(26)28-4-2/h12-14H,3-11H2,1-2H3,(H,21,23). The molecule has 0 saturated heterocycles. The highest BCUT2D eigenvalue weighted by atomic mass is 16.5. The predicted molar refractivity (Wildman–Crippen MR) is 105 cm³/mol. The first-order valence-electron chi connectivity index (χ1n) is 10.1. The van der Waals surface area contributed by atoms with Crippen LogP contribution in [0.15, 0.2) is 12.4 Å². The molecule has 8 heteroatoms. The number of anilines is 1. The fourth-order valence-electron chi connectivity index (χ4n) is 3.59. The summed E-state index contributed by atoms with van der Waals surface area (Å²) in [7, 11) is 0. The zero-order valence-corrected chi connectivity index (χ0v) is 16.6. The Hall–Kier alpha value is -2.64. The van der Waals surface area contributed by atoms with E-state index in [-0.39, 0.29) is 12.4 Å². The summed E-state index contributed by atoms with van der Waals surface area (Å²) in [5, 5.41) is 8.69. The molecule has 1 saturated carbocycles. The van der Waals surface area contributed by atoms with Crippen molar-refractivity contribution in [2.24, 2.45) is 0 Å². The van der Waals surface area contributed by atoms with Crippen molar-refractivity contribution in [1.82, 2.24) is 14.8 Å². The van der Waals surface area contributed by atoms with Gasteiger partial charge in [-0.2, -0.15) is 5.10 Å². The molecule has 0 atom stereocenters. The molecule has 1 fully saturated rings. The van der Waals surface area contributed by atoms with Gasteiger partial charge in [0.15, 0.2) is 5.65 Å². The number of hydrogen-bond acceptors (Lipinski definition) is 7. The lowest BCUT2D eigenvalue weighted by molar-refractivity contribution is -0.143. The van der Waals surface area contributed by atoms with E-state index in [0.29, 0.717) is 37.0 Å². The van der Waals surface area contributed by atoms with E-state index < -0.39 is 5.97 Å². The molecule has 8 nitrogen and oxygen atoms in total. The Morgan fingerprint density at radius 2 is 1.89 bits per heavy atom. The Morgan fingerprint density at radius 3 is 2.61 bits per heavy atom. The zero-order valence-electron chi connectivity index (χ0n) is 16.6. The van der Waals surface area contributed by atoms with Gasteiger partial charge in [0, 0.05) is 12.2 Å². The molecule has 0 bridgehead atoms. The van der Waals surface area contributed by atoms with E-state index in [1.54, 1.807) is 24.7 Å². The summed E-state index contributed by atoms with van der Waals surface area (Å²) in [4.78, 5) is 28.5. The second kappa shape index (κ2) is 9.52. The average molecular weight is 388 g/mol. The Labute approximate surface area is 164 Å². The highest BCUT2D eigenvalue weighted by Crippen LogP contribution is 2.30. The number of nitrogens with one attached hydrogen (secondary N) is 1. The van der Waals surface area contributed by atoms with Crippen LogP contribution in [0.3, 0.4) is 0 Å². The van der Waals surface area contributed by atoms with E-state index >= 15 is 0 Å². The van der Waals surface area contributed by atoms with E-state index in [1.165, 1.54) is 25.5 Å². The third kappa shape index (κ3) is 4.61. The minimum atomic E-state index is -0.394. The van der Waals surface area contributed by atoms with Gasteiger partial charge >= 0.3 is 11.9 Å². The topological polar surface area (TPSA) is 95.3 Å². The maximum atomic E-state index is 12.5. The first-order valence-corrected chi connectivity index (χ1v) is 10.1. The summed E-state index contributed by atoms with van der Waals surface area (Å²) < 4.78 is 11.9. The molecular formula is C20H28N4O4. The van der Waals surface area contributed by atoms with Crippen LogP contribution in [-0.2, 0) is 20.8 Å². The monoisotopic (exact) mass is 388 g/mol. The maximum Gasteiger partial charge on any atom is 0.341 e. The van der Waals surface area contributed by atoms with Crippen LogP contribution >= 0.6 is 0 Å². The summed E-state index contributed by atoms with van der Waals surface area (Å²) in [5.74, 6) is -0.663. The van der Waals surface area contributed by atoms with Crippen molar-refractivity contribution in [3.63, 3.8) is 0 Å².